The molecule has 3 aromatic rings. The first-order valence-electron chi connectivity index (χ1n) is 5.86. The Morgan fingerprint density at radius 2 is 1.95 bits per heavy atom. The Labute approximate surface area is 134 Å². The van der Waals surface area contributed by atoms with Crippen molar-refractivity contribution in [3.8, 4) is 0 Å². The van der Waals surface area contributed by atoms with Gasteiger partial charge in [-0.2, -0.15) is 0 Å². The van der Waals surface area contributed by atoms with Crippen LogP contribution in [-0.4, -0.2) is 25.3 Å². The van der Waals surface area contributed by atoms with Crippen LogP contribution < -0.4 is 0 Å². The first-order valence-corrected chi connectivity index (χ1v) is 6.99. The van der Waals surface area contributed by atoms with Crippen LogP contribution in [0.5, 0.6) is 0 Å². The summed E-state index contributed by atoms with van der Waals surface area (Å²) in [5, 5.41) is 1.03. The number of carbonyl (C=O) groups excluding carboxylic acids is 1. The summed E-state index contributed by atoms with van der Waals surface area (Å²) < 4.78 is 1.59. The number of Topliss-reactive ketones (excluding diaryl/α,β-unsaturated/α-hetero) is 1. The first-order chi connectivity index (χ1) is 10.1. The van der Waals surface area contributed by atoms with E-state index in [9.17, 15) is 4.79 Å². The lowest BCUT2D eigenvalue weighted by atomic mass is 10.1. The Morgan fingerprint density at radius 3 is 2.71 bits per heavy atom. The zero-order valence-corrected chi connectivity index (χ0v) is 12.7. The van der Waals surface area contributed by atoms with Gasteiger partial charge in [-0.25, -0.2) is 15.0 Å². The molecule has 0 unspecified atom stereocenters. The van der Waals surface area contributed by atoms with Gasteiger partial charge in [0.2, 0.25) is 0 Å². The summed E-state index contributed by atoms with van der Waals surface area (Å²) in [6.07, 6.45) is 2.82. The van der Waals surface area contributed by atoms with Gasteiger partial charge in [-0.1, -0.05) is 34.8 Å². The highest BCUT2D eigenvalue weighted by molar-refractivity contribution is 6.36. The van der Waals surface area contributed by atoms with E-state index in [2.05, 4.69) is 15.0 Å². The van der Waals surface area contributed by atoms with Gasteiger partial charge in [0.1, 0.15) is 11.8 Å². The molecule has 0 atom stereocenters. The molecule has 106 valence electrons. The summed E-state index contributed by atoms with van der Waals surface area (Å²) in [6, 6.07) is 4.74. The van der Waals surface area contributed by atoms with Gasteiger partial charge in [0.05, 0.1) is 17.9 Å². The Bertz CT molecular complexity index is 847. The lowest BCUT2D eigenvalue weighted by molar-refractivity contribution is 0.0973. The molecule has 0 N–H and O–H groups in total. The lowest BCUT2D eigenvalue weighted by Crippen LogP contribution is -2.10. The van der Waals surface area contributed by atoms with Crippen LogP contribution in [0.2, 0.25) is 15.2 Å². The molecule has 0 aliphatic heterocycles. The summed E-state index contributed by atoms with van der Waals surface area (Å²) in [7, 11) is 0. The number of hydrogen-bond donors (Lipinski definition) is 0. The van der Waals surface area contributed by atoms with Crippen LogP contribution in [0.4, 0.5) is 0 Å². The molecule has 0 saturated heterocycles. The lowest BCUT2D eigenvalue weighted by Gasteiger charge is -2.05. The number of carbonyl (C=O) groups is 1. The molecule has 0 fully saturated rings. The van der Waals surface area contributed by atoms with Gasteiger partial charge >= 0.3 is 0 Å². The summed E-state index contributed by atoms with van der Waals surface area (Å²) in [4.78, 5) is 24.3. The molecule has 2 aromatic heterocycles. The molecule has 21 heavy (non-hydrogen) atoms. The fourth-order valence-electron chi connectivity index (χ4n) is 1.92. The average Bonchev–Trinajstić information content (AvgIpc) is 2.83. The number of imidazole rings is 1. The summed E-state index contributed by atoms with van der Waals surface area (Å²) in [5.74, 6) is -0.175. The van der Waals surface area contributed by atoms with E-state index in [0.29, 0.717) is 26.8 Å². The standard InChI is InChI=1S/C13H7Cl3N4O/c14-7-1-2-8(9(15)3-7)10(21)4-20-6-19-11-12(16)17-5-18-13(11)20/h1-3,5-6H,4H2. The zero-order chi connectivity index (χ0) is 15.0. The van der Waals surface area contributed by atoms with Crippen molar-refractivity contribution in [2.45, 2.75) is 6.54 Å². The van der Waals surface area contributed by atoms with E-state index in [1.54, 1.807) is 16.7 Å². The number of ketones is 1. The molecular formula is C13H7Cl3N4O. The molecule has 3 rings (SSSR count). The van der Waals surface area contributed by atoms with E-state index < -0.39 is 0 Å². The van der Waals surface area contributed by atoms with Crippen molar-refractivity contribution in [3.63, 3.8) is 0 Å². The van der Waals surface area contributed by atoms with Crippen LogP contribution in [0.25, 0.3) is 11.2 Å². The van der Waals surface area contributed by atoms with Crippen LogP contribution in [0.3, 0.4) is 0 Å². The number of nitrogens with zero attached hydrogens (tertiary/aromatic N) is 4. The van der Waals surface area contributed by atoms with Gasteiger partial charge < -0.3 is 4.57 Å². The molecule has 0 aliphatic rings. The van der Waals surface area contributed by atoms with Crippen molar-refractivity contribution in [3.05, 3.63) is 51.6 Å². The Balaban J connectivity index is 1.95. The van der Waals surface area contributed by atoms with Crippen LogP contribution in [0.15, 0.2) is 30.9 Å². The summed E-state index contributed by atoms with van der Waals surface area (Å²) >= 11 is 17.8. The monoisotopic (exact) mass is 340 g/mol. The highest BCUT2D eigenvalue weighted by Gasteiger charge is 2.15. The predicted molar refractivity (Wildman–Crippen MR) is 81.1 cm³/mol. The third-order valence-corrected chi connectivity index (χ3v) is 3.73. The SMILES string of the molecule is O=C(Cn1cnc2c(Cl)ncnc21)c1ccc(Cl)cc1Cl. The molecule has 0 spiro atoms. The molecule has 1 aromatic carbocycles. The van der Waals surface area contributed by atoms with Gasteiger partial charge in [-0.05, 0) is 18.2 Å². The largest absolute Gasteiger partial charge is 0.307 e. The van der Waals surface area contributed by atoms with Gasteiger partial charge in [0, 0.05) is 10.6 Å². The van der Waals surface area contributed by atoms with Crippen LogP contribution in [0.1, 0.15) is 10.4 Å². The van der Waals surface area contributed by atoms with E-state index in [1.165, 1.54) is 18.7 Å². The highest BCUT2D eigenvalue weighted by atomic mass is 35.5. The predicted octanol–water partition coefficient (Wildman–Crippen LogP) is 3.67. The summed E-state index contributed by atoms with van der Waals surface area (Å²) in [6.45, 7) is 0.0468. The van der Waals surface area contributed by atoms with Crippen molar-refractivity contribution in [1.82, 2.24) is 19.5 Å². The van der Waals surface area contributed by atoms with E-state index in [0.717, 1.165) is 0 Å². The number of benzene rings is 1. The van der Waals surface area contributed by atoms with Crippen molar-refractivity contribution in [2.75, 3.05) is 0 Å². The molecular weight excluding hydrogens is 335 g/mol. The molecule has 0 aliphatic carbocycles. The quantitative estimate of drug-likeness (QED) is 0.539. The number of rotatable bonds is 3. The topological polar surface area (TPSA) is 60.7 Å². The highest BCUT2D eigenvalue weighted by Crippen LogP contribution is 2.23. The molecule has 0 radical (unpaired) electrons. The first kappa shape index (κ1) is 14.3. The molecule has 0 amide bonds. The molecule has 5 nitrogen and oxygen atoms in total. The third kappa shape index (κ3) is 2.72. The normalized spacial score (nSPS) is 11.0. The van der Waals surface area contributed by atoms with Crippen LogP contribution >= 0.6 is 34.8 Å². The minimum Gasteiger partial charge on any atom is -0.307 e. The van der Waals surface area contributed by atoms with E-state index in [1.807, 2.05) is 0 Å². The maximum atomic E-state index is 12.3. The van der Waals surface area contributed by atoms with Crippen molar-refractivity contribution < 1.29 is 4.79 Å². The molecule has 8 heteroatoms. The maximum Gasteiger partial charge on any atom is 0.184 e. The maximum absolute atomic E-state index is 12.3. The van der Waals surface area contributed by atoms with E-state index in [4.69, 9.17) is 34.8 Å². The van der Waals surface area contributed by atoms with Gasteiger partial charge in [0.15, 0.2) is 16.6 Å². The zero-order valence-electron chi connectivity index (χ0n) is 10.4. The summed E-state index contributed by atoms with van der Waals surface area (Å²) in [5.41, 5.74) is 1.34. The fraction of sp³-hybridized carbons (Fsp3) is 0.0769. The van der Waals surface area contributed by atoms with E-state index in [-0.39, 0.29) is 17.5 Å². The minimum absolute atomic E-state index is 0.0468. The van der Waals surface area contributed by atoms with Crippen LogP contribution in [-0.2, 0) is 6.54 Å². The fourth-order valence-corrected chi connectivity index (χ4v) is 2.61. The van der Waals surface area contributed by atoms with Gasteiger partial charge in [-0.3, -0.25) is 4.79 Å². The third-order valence-electron chi connectivity index (χ3n) is 2.90. The van der Waals surface area contributed by atoms with E-state index >= 15 is 0 Å². The number of halogens is 3. The Hall–Kier alpha value is -1.69. The second kappa shape index (κ2) is 5.60. The smallest absolute Gasteiger partial charge is 0.184 e. The van der Waals surface area contributed by atoms with Crippen LogP contribution in [0, 0.1) is 0 Å². The molecule has 0 bridgehead atoms. The second-order valence-corrected chi connectivity index (χ2v) is 5.46. The van der Waals surface area contributed by atoms with Crippen molar-refractivity contribution in [1.29, 1.82) is 0 Å². The molecule has 0 saturated carbocycles. The number of fused-ring (bicyclic) bond motifs is 1. The van der Waals surface area contributed by atoms with Gasteiger partial charge in [0.25, 0.3) is 0 Å². The van der Waals surface area contributed by atoms with Gasteiger partial charge in [-0.15, -0.1) is 0 Å². The second-order valence-electron chi connectivity index (χ2n) is 4.26. The average molecular weight is 342 g/mol. The number of hydrogen-bond acceptors (Lipinski definition) is 4. The molecule has 2 heterocycles. The van der Waals surface area contributed by atoms with Crippen molar-refractivity contribution >= 4 is 51.7 Å². The Kier molecular flexibility index (Phi) is 3.80. The minimum atomic E-state index is -0.175. The number of aromatic nitrogens is 4. The Morgan fingerprint density at radius 1 is 1.14 bits per heavy atom. The van der Waals surface area contributed by atoms with Crippen molar-refractivity contribution in [2.24, 2.45) is 0 Å².